The number of rotatable bonds is 2. The highest BCUT2D eigenvalue weighted by molar-refractivity contribution is 6.32. The van der Waals surface area contributed by atoms with Gasteiger partial charge in [-0.1, -0.05) is 23.7 Å². The van der Waals surface area contributed by atoms with Crippen LogP contribution in [0.1, 0.15) is 10.4 Å². The third-order valence-corrected chi connectivity index (χ3v) is 2.52. The average Bonchev–Trinajstić information content (AvgIpc) is 2.29. The van der Waals surface area contributed by atoms with Gasteiger partial charge >= 0.3 is 5.97 Å². The van der Waals surface area contributed by atoms with E-state index in [0.29, 0.717) is 5.69 Å². The topological polar surface area (TPSA) is 50.2 Å². The summed E-state index contributed by atoms with van der Waals surface area (Å²) in [7, 11) is 0. The van der Waals surface area contributed by atoms with Crippen LogP contribution in [0, 0.1) is 5.82 Å². The molecule has 5 heteroatoms. The van der Waals surface area contributed by atoms with E-state index in [0.717, 1.165) is 0 Å². The van der Waals surface area contributed by atoms with Crippen molar-refractivity contribution in [3.63, 3.8) is 0 Å². The monoisotopic (exact) mass is 251 g/mol. The molecule has 1 aromatic heterocycles. The van der Waals surface area contributed by atoms with Crippen LogP contribution in [0.15, 0.2) is 36.4 Å². The summed E-state index contributed by atoms with van der Waals surface area (Å²) in [6.07, 6.45) is 0. The van der Waals surface area contributed by atoms with E-state index in [2.05, 4.69) is 4.98 Å². The number of benzene rings is 1. The van der Waals surface area contributed by atoms with Crippen LogP contribution in [0.3, 0.4) is 0 Å². The van der Waals surface area contributed by atoms with Gasteiger partial charge in [0.05, 0.1) is 11.3 Å². The Morgan fingerprint density at radius 1 is 1.24 bits per heavy atom. The van der Waals surface area contributed by atoms with E-state index >= 15 is 0 Å². The number of hydrogen-bond donors (Lipinski definition) is 1. The van der Waals surface area contributed by atoms with Crippen molar-refractivity contribution >= 4 is 17.6 Å². The van der Waals surface area contributed by atoms with E-state index in [4.69, 9.17) is 16.7 Å². The predicted molar refractivity (Wildman–Crippen MR) is 61.6 cm³/mol. The van der Waals surface area contributed by atoms with E-state index in [1.165, 1.54) is 18.2 Å². The molecule has 1 N–H and O–H groups in total. The minimum absolute atomic E-state index is 0.105. The first-order valence-electron chi connectivity index (χ1n) is 4.74. The van der Waals surface area contributed by atoms with E-state index in [1.54, 1.807) is 18.2 Å². The number of carboxylic acid groups (broad SMARTS) is 1. The lowest BCUT2D eigenvalue weighted by molar-refractivity contribution is 0.0696. The second-order valence-electron chi connectivity index (χ2n) is 3.32. The first kappa shape index (κ1) is 11.5. The molecule has 0 aliphatic rings. The second-order valence-corrected chi connectivity index (χ2v) is 3.68. The van der Waals surface area contributed by atoms with Gasteiger partial charge < -0.3 is 5.11 Å². The highest BCUT2D eigenvalue weighted by Crippen LogP contribution is 2.23. The zero-order valence-corrected chi connectivity index (χ0v) is 9.28. The average molecular weight is 252 g/mol. The van der Waals surface area contributed by atoms with Gasteiger partial charge in [-0.15, -0.1) is 0 Å². The van der Waals surface area contributed by atoms with Crippen LogP contribution in [0.5, 0.6) is 0 Å². The lowest BCUT2D eigenvalue weighted by atomic mass is 10.1. The van der Waals surface area contributed by atoms with Crippen molar-refractivity contribution in [2.75, 3.05) is 0 Å². The first-order chi connectivity index (χ1) is 8.09. The number of halogens is 2. The summed E-state index contributed by atoms with van der Waals surface area (Å²) >= 11 is 5.71. The van der Waals surface area contributed by atoms with Crippen LogP contribution in [-0.2, 0) is 0 Å². The number of aromatic nitrogens is 1. The fraction of sp³-hybridized carbons (Fsp3) is 0. The quantitative estimate of drug-likeness (QED) is 0.834. The standard InChI is InChI=1S/C12H7ClFNO2/c13-11-8(12(16)17)5-6-10(15-11)7-3-1-2-4-9(7)14/h1-6H,(H,16,17). The van der Waals surface area contributed by atoms with Gasteiger partial charge in [-0.25, -0.2) is 14.2 Å². The molecule has 0 aliphatic carbocycles. The van der Waals surface area contributed by atoms with Crippen molar-refractivity contribution in [2.24, 2.45) is 0 Å². The summed E-state index contributed by atoms with van der Waals surface area (Å²) < 4.78 is 13.5. The summed E-state index contributed by atoms with van der Waals surface area (Å²) in [5.41, 5.74) is 0.483. The summed E-state index contributed by atoms with van der Waals surface area (Å²) in [4.78, 5) is 14.6. The molecule has 0 amide bonds. The highest BCUT2D eigenvalue weighted by atomic mass is 35.5. The number of pyridine rings is 1. The van der Waals surface area contributed by atoms with E-state index in [9.17, 15) is 9.18 Å². The molecule has 2 aromatic rings. The lowest BCUT2D eigenvalue weighted by Crippen LogP contribution is -2.00. The molecular formula is C12H7ClFNO2. The normalized spacial score (nSPS) is 10.2. The molecule has 0 unspecified atom stereocenters. The third kappa shape index (κ3) is 2.26. The van der Waals surface area contributed by atoms with Crippen molar-refractivity contribution in [3.8, 4) is 11.3 Å². The minimum Gasteiger partial charge on any atom is -0.478 e. The Morgan fingerprint density at radius 3 is 2.53 bits per heavy atom. The molecule has 0 aliphatic heterocycles. The Morgan fingerprint density at radius 2 is 1.94 bits per heavy atom. The molecule has 1 aromatic carbocycles. The molecule has 3 nitrogen and oxygen atoms in total. The molecule has 1 heterocycles. The fourth-order valence-electron chi connectivity index (χ4n) is 1.41. The molecule has 0 bridgehead atoms. The zero-order valence-electron chi connectivity index (χ0n) is 8.52. The number of carboxylic acids is 1. The second kappa shape index (κ2) is 4.51. The maximum atomic E-state index is 13.5. The van der Waals surface area contributed by atoms with Crippen molar-refractivity contribution in [3.05, 3.63) is 52.9 Å². The zero-order chi connectivity index (χ0) is 12.4. The van der Waals surface area contributed by atoms with Crippen LogP contribution in [0.4, 0.5) is 4.39 Å². The smallest absolute Gasteiger partial charge is 0.338 e. The van der Waals surface area contributed by atoms with E-state index < -0.39 is 11.8 Å². The third-order valence-electron chi connectivity index (χ3n) is 2.23. The highest BCUT2D eigenvalue weighted by Gasteiger charge is 2.12. The SMILES string of the molecule is O=C(O)c1ccc(-c2ccccc2F)nc1Cl. The van der Waals surface area contributed by atoms with Gasteiger partial charge in [0.15, 0.2) is 0 Å². The summed E-state index contributed by atoms with van der Waals surface area (Å²) in [6, 6.07) is 8.81. The van der Waals surface area contributed by atoms with Crippen LogP contribution < -0.4 is 0 Å². The predicted octanol–water partition coefficient (Wildman–Crippen LogP) is 3.24. The van der Waals surface area contributed by atoms with Gasteiger partial charge in [-0.2, -0.15) is 0 Å². The Labute approximate surface area is 101 Å². The Hall–Kier alpha value is -1.94. The van der Waals surface area contributed by atoms with E-state index in [-0.39, 0.29) is 16.3 Å². The largest absolute Gasteiger partial charge is 0.478 e. The molecule has 0 radical (unpaired) electrons. The van der Waals surface area contributed by atoms with Crippen LogP contribution in [0.2, 0.25) is 5.15 Å². The molecule has 0 saturated carbocycles. The first-order valence-corrected chi connectivity index (χ1v) is 5.12. The number of carbonyl (C=O) groups is 1. The molecule has 0 fully saturated rings. The number of nitrogens with zero attached hydrogens (tertiary/aromatic N) is 1. The fourth-order valence-corrected chi connectivity index (χ4v) is 1.65. The maximum absolute atomic E-state index is 13.5. The Bertz CT molecular complexity index is 586. The van der Waals surface area contributed by atoms with Gasteiger partial charge in [0.25, 0.3) is 0 Å². The molecule has 0 saturated heterocycles. The molecule has 0 atom stereocenters. The van der Waals surface area contributed by atoms with Gasteiger partial charge in [-0.05, 0) is 24.3 Å². The molecule has 86 valence electrons. The summed E-state index contributed by atoms with van der Waals surface area (Å²) in [6.45, 7) is 0. The lowest BCUT2D eigenvalue weighted by Gasteiger charge is -2.04. The molecule has 2 rings (SSSR count). The van der Waals surface area contributed by atoms with Gasteiger partial charge in [0.2, 0.25) is 0 Å². The van der Waals surface area contributed by atoms with Crippen LogP contribution in [0.25, 0.3) is 11.3 Å². The van der Waals surface area contributed by atoms with Crippen molar-refractivity contribution in [1.29, 1.82) is 0 Å². The van der Waals surface area contributed by atoms with Crippen LogP contribution >= 0.6 is 11.6 Å². The van der Waals surface area contributed by atoms with Crippen molar-refractivity contribution in [2.45, 2.75) is 0 Å². The van der Waals surface area contributed by atoms with Gasteiger partial charge in [0.1, 0.15) is 11.0 Å². The number of hydrogen-bond acceptors (Lipinski definition) is 2. The minimum atomic E-state index is -1.16. The number of aromatic carboxylic acids is 1. The van der Waals surface area contributed by atoms with E-state index in [1.807, 2.05) is 0 Å². The molecule has 17 heavy (non-hydrogen) atoms. The summed E-state index contributed by atoms with van der Waals surface area (Å²) in [5, 5.41) is 8.63. The van der Waals surface area contributed by atoms with Gasteiger partial charge in [0, 0.05) is 5.56 Å². The molecule has 0 spiro atoms. The Balaban J connectivity index is 2.52. The van der Waals surface area contributed by atoms with Crippen molar-refractivity contribution in [1.82, 2.24) is 4.98 Å². The molecular weight excluding hydrogens is 245 g/mol. The van der Waals surface area contributed by atoms with Gasteiger partial charge in [-0.3, -0.25) is 0 Å². The maximum Gasteiger partial charge on any atom is 0.338 e. The Kier molecular flexibility index (Phi) is 3.06. The summed E-state index contributed by atoms with van der Waals surface area (Å²) in [5.74, 6) is -1.60. The van der Waals surface area contributed by atoms with Crippen molar-refractivity contribution < 1.29 is 14.3 Å². The van der Waals surface area contributed by atoms with Crippen LogP contribution in [-0.4, -0.2) is 16.1 Å².